The number of rotatable bonds is 2. The first kappa shape index (κ1) is 9.36. The fourth-order valence-electron chi connectivity index (χ4n) is 1.70. The molecule has 0 aromatic rings. The molecular formula is C8H14O5. The topological polar surface area (TPSA) is 68.2 Å². The Bertz CT molecular complexity index is 168. The summed E-state index contributed by atoms with van der Waals surface area (Å²) in [5.41, 5.74) is 0. The van der Waals surface area contributed by atoms with Crippen molar-refractivity contribution < 1.29 is 24.4 Å². The molecule has 0 aliphatic carbocycles. The molecule has 2 rings (SSSR count). The third-order valence-corrected chi connectivity index (χ3v) is 2.35. The van der Waals surface area contributed by atoms with Gasteiger partial charge in [-0.05, 0) is 0 Å². The number of hydrogen-bond acceptors (Lipinski definition) is 5. The summed E-state index contributed by atoms with van der Waals surface area (Å²) in [6.07, 6.45) is -1.34. The van der Waals surface area contributed by atoms with E-state index in [4.69, 9.17) is 19.3 Å². The second kappa shape index (κ2) is 3.89. The van der Waals surface area contributed by atoms with Gasteiger partial charge in [-0.1, -0.05) is 0 Å². The lowest BCUT2D eigenvalue weighted by Crippen LogP contribution is -2.35. The molecular weight excluding hydrogens is 176 g/mol. The molecule has 2 heterocycles. The van der Waals surface area contributed by atoms with Gasteiger partial charge < -0.3 is 24.4 Å². The lowest BCUT2D eigenvalue weighted by molar-refractivity contribution is -0.160. The highest BCUT2D eigenvalue weighted by atomic mass is 16.7. The van der Waals surface area contributed by atoms with Crippen LogP contribution < -0.4 is 0 Å². The van der Waals surface area contributed by atoms with Crippen molar-refractivity contribution in [3.05, 3.63) is 0 Å². The first-order chi connectivity index (χ1) is 6.31. The van der Waals surface area contributed by atoms with E-state index in [0.29, 0.717) is 19.6 Å². The largest absolute Gasteiger partial charge is 0.394 e. The third kappa shape index (κ3) is 1.84. The van der Waals surface area contributed by atoms with E-state index < -0.39 is 18.5 Å². The number of aliphatic hydroxyl groups excluding tert-OH is 2. The predicted molar refractivity (Wildman–Crippen MR) is 42.1 cm³/mol. The summed E-state index contributed by atoms with van der Waals surface area (Å²) in [7, 11) is 0. The van der Waals surface area contributed by atoms with Crippen LogP contribution in [0, 0.1) is 0 Å². The second-order valence-corrected chi connectivity index (χ2v) is 3.32. The Kier molecular flexibility index (Phi) is 2.80. The molecule has 5 heteroatoms. The average molecular weight is 190 g/mol. The van der Waals surface area contributed by atoms with Crippen LogP contribution in [0.5, 0.6) is 0 Å². The molecule has 0 radical (unpaired) electrons. The Hall–Kier alpha value is -0.200. The van der Waals surface area contributed by atoms with Crippen LogP contribution in [-0.2, 0) is 14.2 Å². The molecule has 0 aromatic heterocycles. The van der Waals surface area contributed by atoms with E-state index in [-0.39, 0.29) is 12.7 Å². The maximum Gasteiger partial charge on any atom is 0.186 e. The molecule has 13 heavy (non-hydrogen) atoms. The van der Waals surface area contributed by atoms with Crippen LogP contribution >= 0.6 is 0 Å². The van der Waals surface area contributed by atoms with E-state index in [2.05, 4.69) is 0 Å². The van der Waals surface area contributed by atoms with E-state index in [1.807, 2.05) is 0 Å². The van der Waals surface area contributed by atoms with Crippen molar-refractivity contribution in [3.8, 4) is 0 Å². The maximum atomic E-state index is 9.55. The van der Waals surface area contributed by atoms with Gasteiger partial charge in [-0.25, -0.2) is 0 Å². The van der Waals surface area contributed by atoms with E-state index in [9.17, 15) is 5.11 Å². The van der Waals surface area contributed by atoms with Gasteiger partial charge >= 0.3 is 0 Å². The van der Waals surface area contributed by atoms with Gasteiger partial charge in [-0.15, -0.1) is 0 Å². The lowest BCUT2D eigenvalue weighted by atomic mass is 10.1. The van der Waals surface area contributed by atoms with Gasteiger partial charge in [-0.3, -0.25) is 0 Å². The monoisotopic (exact) mass is 190 g/mol. The minimum absolute atomic E-state index is 0.0692. The lowest BCUT2D eigenvalue weighted by Gasteiger charge is -2.19. The van der Waals surface area contributed by atoms with Gasteiger partial charge in [0.05, 0.1) is 32.0 Å². The number of aliphatic hydroxyl groups is 2. The molecule has 2 saturated heterocycles. The first-order valence-corrected chi connectivity index (χ1v) is 4.49. The SMILES string of the molecule is OC[C@@H]1C[C@@H](O)[C@H](C2OCCO2)O1. The van der Waals surface area contributed by atoms with Crippen molar-refractivity contribution in [2.24, 2.45) is 0 Å². The zero-order valence-electron chi connectivity index (χ0n) is 7.26. The molecule has 0 bridgehead atoms. The zero-order chi connectivity index (χ0) is 9.26. The Morgan fingerprint density at radius 1 is 1.23 bits per heavy atom. The van der Waals surface area contributed by atoms with Crippen molar-refractivity contribution in [2.75, 3.05) is 19.8 Å². The summed E-state index contributed by atoms with van der Waals surface area (Å²) in [6.45, 7) is 1.02. The molecule has 2 N–H and O–H groups in total. The van der Waals surface area contributed by atoms with Crippen LogP contribution in [0.4, 0.5) is 0 Å². The molecule has 0 spiro atoms. The highest BCUT2D eigenvalue weighted by molar-refractivity contribution is 4.85. The summed E-state index contributed by atoms with van der Waals surface area (Å²) in [5, 5.41) is 18.4. The summed E-state index contributed by atoms with van der Waals surface area (Å²) >= 11 is 0. The van der Waals surface area contributed by atoms with Crippen molar-refractivity contribution in [1.29, 1.82) is 0 Å². The molecule has 0 unspecified atom stereocenters. The second-order valence-electron chi connectivity index (χ2n) is 3.32. The fourth-order valence-corrected chi connectivity index (χ4v) is 1.70. The van der Waals surface area contributed by atoms with Crippen LogP contribution in [0.15, 0.2) is 0 Å². The predicted octanol–water partition coefficient (Wildman–Crippen LogP) is -1.13. The van der Waals surface area contributed by atoms with E-state index >= 15 is 0 Å². The van der Waals surface area contributed by atoms with Gasteiger partial charge in [0.25, 0.3) is 0 Å². The Balaban J connectivity index is 1.91. The standard InChI is InChI=1S/C8H14O5/c9-4-5-3-6(10)7(13-5)8-11-1-2-12-8/h5-10H,1-4H2/t5-,6+,7+/m0/s1. The van der Waals surface area contributed by atoms with Crippen LogP contribution in [0.1, 0.15) is 6.42 Å². The van der Waals surface area contributed by atoms with Crippen LogP contribution in [-0.4, -0.2) is 54.6 Å². The molecule has 0 saturated carbocycles. The van der Waals surface area contributed by atoms with Gasteiger partial charge in [0.2, 0.25) is 0 Å². The van der Waals surface area contributed by atoms with Gasteiger partial charge in [0, 0.05) is 6.42 Å². The van der Waals surface area contributed by atoms with Crippen molar-refractivity contribution in [2.45, 2.75) is 31.0 Å². The molecule has 5 nitrogen and oxygen atoms in total. The van der Waals surface area contributed by atoms with Gasteiger partial charge in [0.15, 0.2) is 6.29 Å². The molecule has 2 aliphatic heterocycles. The summed E-state index contributed by atoms with van der Waals surface area (Å²) in [6, 6.07) is 0. The molecule has 0 amide bonds. The molecule has 0 aromatic carbocycles. The maximum absolute atomic E-state index is 9.55. The number of hydrogen-bond donors (Lipinski definition) is 2. The Morgan fingerprint density at radius 3 is 2.46 bits per heavy atom. The summed E-state index contributed by atoms with van der Waals surface area (Å²) < 4.78 is 15.8. The highest BCUT2D eigenvalue weighted by Gasteiger charge is 2.41. The smallest absolute Gasteiger partial charge is 0.186 e. The third-order valence-electron chi connectivity index (χ3n) is 2.35. The Labute approximate surface area is 76.2 Å². The molecule has 76 valence electrons. The van der Waals surface area contributed by atoms with Gasteiger partial charge in [-0.2, -0.15) is 0 Å². The fraction of sp³-hybridized carbons (Fsp3) is 1.00. The van der Waals surface area contributed by atoms with Crippen LogP contribution in [0.3, 0.4) is 0 Å². The normalized spacial score (nSPS) is 41.5. The van der Waals surface area contributed by atoms with Gasteiger partial charge in [0.1, 0.15) is 6.10 Å². The summed E-state index contributed by atoms with van der Waals surface area (Å²) in [4.78, 5) is 0. The van der Waals surface area contributed by atoms with Crippen molar-refractivity contribution >= 4 is 0 Å². The summed E-state index contributed by atoms with van der Waals surface area (Å²) in [5.74, 6) is 0. The van der Waals surface area contributed by atoms with Crippen molar-refractivity contribution in [1.82, 2.24) is 0 Å². The van der Waals surface area contributed by atoms with Crippen molar-refractivity contribution in [3.63, 3.8) is 0 Å². The molecule has 2 fully saturated rings. The zero-order valence-corrected chi connectivity index (χ0v) is 7.26. The Morgan fingerprint density at radius 2 is 1.92 bits per heavy atom. The minimum Gasteiger partial charge on any atom is -0.394 e. The number of ether oxygens (including phenoxy) is 3. The van der Waals surface area contributed by atoms with E-state index in [0.717, 1.165) is 0 Å². The quantitative estimate of drug-likeness (QED) is 0.576. The molecule has 3 atom stereocenters. The highest BCUT2D eigenvalue weighted by Crippen LogP contribution is 2.26. The molecule has 2 aliphatic rings. The van der Waals surface area contributed by atoms with Crippen LogP contribution in [0.25, 0.3) is 0 Å². The van der Waals surface area contributed by atoms with E-state index in [1.165, 1.54) is 0 Å². The first-order valence-electron chi connectivity index (χ1n) is 4.49. The average Bonchev–Trinajstić information content (AvgIpc) is 2.72. The van der Waals surface area contributed by atoms with E-state index in [1.54, 1.807) is 0 Å². The minimum atomic E-state index is -0.597. The van der Waals surface area contributed by atoms with Crippen LogP contribution in [0.2, 0.25) is 0 Å².